The average Bonchev–Trinajstić information content (AvgIpc) is 2.63. The van der Waals surface area contributed by atoms with Crippen molar-refractivity contribution in [3.8, 4) is 0 Å². The first-order valence-electron chi connectivity index (χ1n) is 5.31. The molecule has 1 aromatic heterocycles. The Morgan fingerprint density at radius 3 is 2.62 bits per heavy atom. The summed E-state index contributed by atoms with van der Waals surface area (Å²) in [4.78, 5) is 4.02. The Labute approximate surface area is 95.4 Å². The highest BCUT2D eigenvalue weighted by Crippen LogP contribution is 2.24. The van der Waals surface area contributed by atoms with Gasteiger partial charge in [0.05, 0.1) is 18.2 Å². The van der Waals surface area contributed by atoms with Crippen LogP contribution in [0, 0.1) is 13.8 Å². The van der Waals surface area contributed by atoms with Crippen molar-refractivity contribution in [1.82, 2.24) is 9.55 Å². The molecule has 0 fully saturated rings. The molecule has 2 aromatic rings. The Bertz CT molecular complexity index is 502. The molecule has 0 saturated heterocycles. The van der Waals surface area contributed by atoms with Crippen molar-refractivity contribution in [2.24, 2.45) is 7.05 Å². The number of rotatable bonds is 2. The maximum Gasteiger partial charge on any atom is 0.121 e. The van der Waals surface area contributed by atoms with Gasteiger partial charge in [0.25, 0.3) is 0 Å². The number of nitrogens with zero attached hydrogens (tertiary/aromatic N) is 2. The zero-order valence-corrected chi connectivity index (χ0v) is 9.81. The molecular weight excluding hydrogens is 200 g/mol. The zero-order chi connectivity index (χ0) is 11.7. The van der Waals surface area contributed by atoms with Gasteiger partial charge >= 0.3 is 0 Å². The van der Waals surface area contributed by atoms with Crippen LogP contribution in [0.2, 0.25) is 0 Å². The SMILES string of the molecule is Cc1ccc(C(O)c2cncn2C)c(C)c1. The molecule has 3 nitrogen and oxygen atoms in total. The van der Waals surface area contributed by atoms with Crippen molar-refractivity contribution in [2.45, 2.75) is 20.0 Å². The number of aliphatic hydroxyl groups is 1. The number of imidazole rings is 1. The van der Waals surface area contributed by atoms with E-state index in [2.05, 4.69) is 11.1 Å². The molecule has 0 bridgehead atoms. The predicted molar refractivity (Wildman–Crippen MR) is 63.2 cm³/mol. The van der Waals surface area contributed by atoms with E-state index in [1.165, 1.54) is 5.56 Å². The molecule has 3 heteroatoms. The minimum Gasteiger partial charge on any atom is -0.382 e. The molecule has 0 aliphatic heterocycles. The first kappa shape index (κ1) is 10.9. The van der Waals surface area contributed by atoms with E-state index in [4.69, 9.17) is 0 Å². The fourth-order valence-corrected chi connectivity index (χ4v) is 1.92. The lowest BCUT2D eigenvalue weighted by molar-refractivity contribution is 0.210. The van der Waals surface area contributed by atoms with Crippen LogP contribution in [0.25, 0.3) is 0 Å². The summed E-state index contributed by atoms with van der Waals surface area (Å²) in [7, 11) is 1.88. The Kier molecular flexibility index (Phi) is 2.79. The fourth-order valence-electron chi connectivity index (χ4n) is 1.92. The van der Waals surface area contributed by atoms with E-state index < -0.39 is 6.10 Å². The second-order valence-corrected chi connectivity index (χ2v) is 4.19. The van der Waals surface area contributed by atoms with E-state index in [1.54, 1.807) is 12.5 Å². The van der Waals surface area contributed by atoms with Crippen LogP contribution >= 0.6 is 0 Å². The molecule has 1 unspecified atom stereocenters. The third-order valence-corrected chi connectivity index (χ3v) is 2.85. The monoisotopic (exact) mass is 216 g/mol. The highest BCUT2D eigenvalue weighted by Gasteiger charge is 2.15. The summed E-state index contributed by atoms with van der Waals surface area (Å²) < 4.78 is 1.84. The molecule has 2 rings (SSSR count). The fraction of sp³-hybridized carbons (Fsp3) is 0.308. The number of benzene rings is 1. The molecule has 0 aliphatic carbocycles. The van der Waals surface area contributed by atoms with Gasteiger partial charge in [-0.25, -0.2) is 4.98 Å². The first-order chi connectivity index (χ1) is 7.59. The van der Waals surface area contributed by atoms with E-state index in [-0.39, 0.29) is 0 Å². The van der Waals surface area contributed by atoms with Gasteiger partial charge in [-0.1, -0.05) is 23.8 Å². The molecule has 0 radical (unpaired) electrons. The molecule has 1 aromatic carbocycles. The van der Waals surface area contributed by atoms with Crippen molar-refractivity contribution < 1.29 is 5.11 Å². The van der Waals surface area contributed by atoms with Gasteiger partial charge in [0.2, 0.25) is 0 Å². The zero-order valence-electron chi connectivity index (χ0n) is 9.81. The highest BCUT2D eigenvalue weighted by atomic mass is 16.3. The lowest BCUT2D eigenvalue weighted by Gasteiger charge is -2.14. The average molecular weight is 216 g/mol. The molecule has 0 saturated carbocycles. The van der Waals surface area contributed by atoms with Gasteiger partial charge in [0, 0.05) is 7.05 Å². The molecule has 1 heterocycles. The molecule has 0 amide bonds. The Morgan fingerprint density at radius 1 is 1.31 bits per heavy atom. The van der Waals surface area contributed by atoms with E-state index in [9.17, 15) is 5.11 Å². The smallest absolute Gasteiger partial charge is 0.121 e. The number of aliphatic hydroxyl groups excluding tert-OH is 1. The van der Waals surface area contributed by atoms with Gasteiger partial charge < -0.3 is 9.67 Å². The lowest BCUT2D eigenvalue weighted by Crippen LogP contribution is -2.06. The molecular formula is C13H16N2O. The van der Waals surface area contributed by atoms with Crippen LogP contribution in [0.1, 0.15) is 28.5 Å². The quantitative estimate of drug-likeness (QED) is 0.835. The summed E-state index contributed by atoms with van der Waals surface area (Å²) in [5.41, 5.74) is 4.06. The van der Waals surface area contributed by atoms with Crippen molar-refractivity contribution in [3.05, 3.63) is 53.1 Å². The van der Waals surface area contributed by atoms with Crippen molar-refractivity contribution in [2.75, 3.05) is 0 Å². The van der Waals surface area contributed by atoms with E-state index in [0.29, 0.717) is 0 Å². The summed E-state index contributed by atoms with van der Waals surface area (Å²) in [5, 5.41) is 10.3. The largest absolute Gasteiger partial charge is 0.382 e. The normalized spacial score (nSPS) is 12.8. The minimum atomic E-state index is -0.604. The van der Waals surface area contributed by atoms with Gasteiger partial charge in [0.15, 0.2) is 0 Å². The van der Waals surface area contributed by atoms with Crippen LogP contribution in [0.15, 0.2) is 30.7 Å². The standard InChI is InChI=1S/C13H16N2O/c1-9-4-5-11(10(2)6-9)13(16)12-7-14-8-15(12)3/h4-8,13,16H,1-3H3. The number of hydrogen-bond acceptors (Lipinski definition) is 2. The second-order valence-electron chi connectivity index (χ2n) is 4.19. The van der Waals surface area contributed by atoms with E-state index in [0.717, 1.165) is 16.8 Å². The number of aromatic nitrogens is 2. The predicted octanol–water partition coefficient (Wildman–Crippen LogP) is 2.12. The van der Waals surface area contributed by atoms with Crippen LogP contribution in [0.4, 0.5) is 0 Å². The molecule has 84 valence electrons. The van der Waals surface area contributed by atoms with Gasteiger partial charge in [-0.05, 0) is 25.0 Å². The molecule has 1 atom stereocenters. The van der Waals surface area contributed by atoms with Crippen LogP contribution in [-0.4, -0.2) is 14.7 Å². The van der Waals surface area contributed by atoms with Gasteiger partial charge in [-0.2, -0.15) is 0 Å². The number of hydrogen-bond donors (Lipinski definition) is 1. The highest BCUT2D eigenvalue weighted by molar-refractivity contribution is 5.35. The maximum atomic E-state index is 10.3. The summed E-state index contributed by atoms with van der Waals surface area (Å²) in [6.45, 7) is 4.06. The lowest BCUT2D eigenvalue weighted by atomic mass is 9.99. The van der Waals surface area contributed by atoms with Crippen LogP contribution in [-0.2, 0) is 7.05 Å². The maximum absolute atomic E-state index is 10.3. The van der Waals surface area contributed by atoms with Crippen molar-refractivity contribution in [3.63, 3.8) is 0 Å². The van der Waals surface area contributed by atoms with Gasteiger partial charge in [-0.15, -0.1) is 0 Å². The van der Waals surface area contributed by atoms with Crippen LogP contribution < -0.4 is 0 Å². The Balaban J connectivity index is 2.41. The second kappa shape index (κ2) is 4.10. The summed E-state index contributed by atoms with van der Waals surface area (Å²) in [6, 6.07) is 6.07. The van der Waals surface area contributed by atoms with E-state index >= 15 is 0 Å². The van der Waals surface area contributed by atoms with Crippen LogP contribution in [0.3, 0.4) is 0 Å². The van der Waals surface area contributed by atoms with E-state index in [1.807, 2.05) is 37.6 Å². The summed E-state index contributed by atoms with van der Waals surface area (Å²) in [6.07, 6.45) is 2.79. The van der Waals surface area contributed by atoms with Gasteiger partial charge in [0.1, 0.15) is 6.10 Å². The first-order valence-corrected chi connectivity index (χ1v) is 5.31. The molecule has 16 heavy (non-hydrogen) atoms. The minimum absolute atomic E-state index is 0.604. The number of aryl methyl sites for hydroxylation is 3. The molecule has 1 N–H and O–H groups in total. The van der Waals surface area contributed by atoms with Crippen molar-refractivity contribution >= 4 is 0 Å². The third kappa shape index (κ3) is 1.86. The molecule has 0 spiro atoms. The van der Waals surface area contributed by atoms with Crippen molar-refractivity contribution in [1.29, 1.82) is 0 Å². The summed E-state index contributed by atoms with van der Waals surface area (Å²) in [5.74, 6) is 0. The Morgan fingerprint density at radius 2 is 2.06 bits per heavy atom. The van der Waals surface area contributed by atoms with Crippen LogP contribution in [0.5, 0.6) is 0 Å². The third-order valence-electron chi connectivity index (χ3n) is 2.85. The summed E-state index contributed by atoms with van der Waals surface area (Å²) >= 11 is 0. The van der Waals surface area contributed by atoms with Gasteiger partial charge in [-0.3, -0.25) is 0 Å². The Hall–Kier alpha value is -1.61. The topological polar surface area (TPSA) is 38.1 Å². The molecule has 0 aliphatic rings.